The second-order valence-corrected chi connectivity index (χ2v) is 4.72. The number of hydrogen-bond acceptors (Lipinski definition) is 2. The zero-order valence-electron chi connectivity index (χ0n) is 10.1. The van der Waals surface area contributed by atoms with Crippen LogP contribution in [0.5, 0.6) is 0 Å². The first-order valence-corrected chi connectivity index (χ1v) is 5.95. The number of carboxylic acids is 1. The standard InChI is InChI=1S/C13H13ClN2O2/c1-8(2)16-7-11(13(17)18)12(15-16)9-4-3-5-10(14)6-9/h3-8H,1-2H3,(H,17,18). The van der Waals surface area contributed by atoms with E-state index in [2.05, 4.69) is 5.10 Å². The van der Waals surface area contributed by atoms with Crippen LogP contribution in [0.1, 0.15) is 30.2 Å². The predicted octanol–water partition coefficient (Wildman–Crippen LogP) is 3.48. The van der Waals surface area contributed by atoms with Gasteiger partial charge in [-0.25, -0.2) is 4.79 Å². The van der Waals surface area contributed by atoms with Gasteiger partial charge in [0.15, 0.2) is 0 Å². The van der Waals surface area contributed by atoms with Gasteiger partial charge in [-0.3, -0.25) is 4.68 Å². The summed E-state index contributed by atoms with van der Waals surface area (Å²) < 4.78 is 1.64. The van der Waals surface area contributed by atoms with Crippen LogP contribution in [0.2, 0.25) is 5.02 Å². The molecule has 2 rings (SSSR count). The third-order valence-electron chi connectivity index (χ3n) is 2.59. The van der Waals surface area contributed by atoms with E-state index in [0.29, 0.717) is 16.3 Å². The number of aromatic carboxylic acids is 1. The van der Waals surface area contributed by atoms with Crippen molar-refractivity contribution in [2.24, 2.45) is 0 Å². The van der Waals surface area contributed by atoms with E-state index < -0.39 is 5.97 Å². The summed E-state index contributed by atoms with van der Waals surface area (Å²) in [6, 6.07) is 7.13. The molecule has 4 nitrogen and oxygen atoms in total. The minimum atomic E-state index is -0.989. The average Bonchev–Trinajstić information content (AvgIpc) is 2.73. The van der Waals surface area contributed by atoms with E-state index in [9.17, 15) is 9.90 Å². The summed E-state index contributed by atoms with van der Waals surface area (Å²) in [5.41, 5.74) is 1.34. The van der Waals surface area contributed by atoms with E-state index in [-0.39, 0.29) is 11.6 Å². The molecule has 0 aliphatic heterocycles. The number of carbonyl (C=O) groups is 1. The monoisotopic (exact) mass is 264 g/mol. The van der Waals surface area contributed by atoms with Crippen LogP contribution >= 0.6 is 11.6 Å². The molecular weight excluding hydrogens is 252 g/mol. The molecule has 0 aliphatic rings. The predicted molar refractivity (Wildman–Crippen MR) is 70.0 cm³/mol. The van der Waals surface area contributed by atoms with E-state index in [1.807, 2.05) is 13.8 Å². The Bertz CT molecular complexity index is 590. The lowest BCUT2D eigenvalue weighted by molar-refractivity contribution is 0.0697. The Morgan fingerprint density at radius 1 is 1.44 bits per heavy atom. The number of rotatable bonds is 3. The first-order valence-electron chi connectivity index (χ1n) is 5.57. The molecule has 0 unspecified atom stereocenters. The lowest BCUT2D eigenvalue weighted by atomic mass is 10.1. The molecule has 0 fully saturated rings. The maximum atomic E-state index is 11.2. The van der Waals surface area contributed by atoms with Gasteiger partial charge >= 0.3 is 5.97 Å². The summed E-state index contributed by atoms with van der Waals surface area (Å²) in [5, 5.41) is 14.1. The molecule has 0 aliphatic carbocycles. The number of carboxylic acid groups (broad SMARTS) is 1. The van der Waals surface area contributed by atoms with Gasteiger partial charge < -0.3 is 5.11 Å². The van der Waals surface area contributed by atoms with Crippen LogP contribution in [-0.2, 0) is 0 Å². The molecule has 18 heavy (non-hydrogen) atoms. The zero-order chi connectivity index (χ0) is 13.3. The normalized spacial score (nSPS) is 10.9. The van der Waals surface area contributed by atoms with Gasteiger partial charge in [0.05, 0.1) is 0 Å². The molecule has 2 aromatic rings. The molecule has 5 heteroatoms. The molecule has 1 N–H and O–H groups in total. The number of benzene rings is 1. The highest BCUT2D eigenvalue weighted by Gasteiger charge is 2.18. The van der Waals surface area contributed by atoms with Gasteiger partial charge in [-0.2, -0.15) is 5.10 Å². The Labute approximate surface area is 110 Å². The maximum Gasteiger partial charge on any atom is 0.339 e. The molecule has 0 radical (unpaired) electrons. The summed E-state index contributed by atoms with van der Waals surface area (Å²) in [4.78, 5) is 11.2. The molecule has 1 heterocycles. The molecule has 0 amide bonds. The van der Waals surface area contributed by atoms with Crippen LogP contribution in [0.4, 0.5) is 0 Å². The summed E-state index contributed by atoms with van der Waals surface area (Å²) >= 11 is 5.91. The fourth-order valence-electron chi connectivity index (χ4n) is 1.66. The molecule has 1 aromatic carbocycles. The number of nitrogens with zero attached hydrogens (tertiary/aromatic N) is 2. The van der Waals surface area contributed by atoms with E-state index in [1.165, 1.54) is 0 Å². The van der Waals surface area contributed by atoms with E-state index in [0.717, 1.165) is 0 Å². The fourth-order valence-corrected chi connectivity index (χ4v) is 1.85. The SMILES string of the molecule is CC(C)n1cc(C(=O)O)c(-c2cccc(Cl)c2)n1. The molecule has 0 atom stereocenters. The first kappa shape index (κ1) is 12.6. The minimum Gasteiger partial charge on any atom is -0.478 e. The van der Waals surface area contributed by atoms with Crippen molar-refractivity contribution in [1.82, 2.24) is 9.78 Å². The van der Waals surface area contributed by atoms with Crippen molar-refractivity contribution in [2.45, 2.75) is 19.9 Å². The molecule has 94 valence electrons. The summed E-state index contributed by atoms with van der Waals surface area (Å²) in [7, 11) is 0. The van der Waals surface area contributed by atoms with Gasteiger partial charge in [0.25, 0.3) is 0 Å². The molecule has 0 saturated heterocycles. The van der Waals surface area contributed by atoms with Crippen molar-refractivity contribution >= 4 is 17.6 Å². The van der Waals surface area contributed by atoms with Crippen LogP contribution in [0, 0.1) is 0 Å². The van der Waals surface area contributed by atoms with E-state index >= 15 is 0 Å². The van der Waals surface area contributed by atoms with Crippen LogP contribution in [-0.4, -0.2) is 20.9 Å². The van der Waals surface area contributed by atoms with Gasteiger partial charge in [-0.1, -0.05) is 23.7 Å². The topological polar surface area (TPSA) is 55.1 Å². The minimum absolute atomic E-state index is 0.107. The quantitative estimate of drug-likeness (QED) is 0.923. The Kier molecular flexibility index (Phi) is 3.39. The molecule has 0 saturated carbocycles. The Balaban J connectivity index is 2.58. The van der Waals surface area contributed by atoms with Gasteiger partial charge in [-0.15, -0.1) is 0 Å². The number of aromatic nitrogens is 2. The third-order valence-corrected chi connectivity index (χ3v) is 2.82. The fraction of sp³-hybridized carbons (Fsp3) is 0.231. The van der Waals surface area contributed by atoms with Crippen molar-refractivity contribution in [3.8, 4) is 11.3 Å². The second kappa shape index (κ2) is 4.82. The van der Waals surface area contributed by atoms with Crippen molar-refractivity contribution in [1.29, 1.82) is 0 Å². The Hall–Kier alpha value is -1.81. The van der Waals surface area contributed by atoms with Gasteiger partial charge in [0, 0.05) is 22.8 Å². The van der Waals surface area contributed by atoms with Crippen molar-refractivity contribution in [3.63, 3.8) is 0 Å². The van der Waals surface area contributed by atoms with Crippen molar-refractivity contribution < 1.29 is 9.90 Å². The third kappa shape index (κ3) is 2.38. The largest absolute Gasteiger partial charge is 0.478 e. The number of hydrogen-bond donors (Lipinski definition) is 1. The summed E-state index contributed by atoms with van der Waals surface area (Å²) in [5.74, 6) is -0.989. The van der Waals surface area contributed by atoms with Crippen LogP contribution in [0.25, 0.3) is 11.3 Å². The van der Waals surface area contributed by atoms with Crippen LogP contribution < -0.4 is 0 Å². The van der Waals surface area contributed by atoms with E-state index in [4.69, 9.17) is 11.6 Å². The lowest BCUT2D eigenvalue weighted by Gasteiger charge is -2.03. The molecule has 1 aromatic heterocycles. The molecule has 0 bridgehead atoms. The Morgan fingerprint density at radius 2 is 2.17 bits per heavy atom. The van der Waals surface area contributed by atoms with Crippen molar-refractivity contribution in [3.05, 3.63) is 41.0 Å². The smallest absolute Gasteiger partial charge is 0.339 e. The van der Waals surface area contributed by atoms with Crippen LogP contribution in [0.15, 0.2) is 30.5 Å². The number of halogens is 1. The summed E-state index contributed by atoms with van der Waals surface area (Å²) in [6.45, 7) is 3.89. The zero-order valence-corrected chi connectivity index (χ0v) is 10.8. The van der Waals surface area contributed by atoms with E-state index in [1.54, 1.807) is 35.1 Å². The summed E-state index contributed by atoms with van der Waals surface area (Å²) in [6.07, 6.45) is 1.54. The van der Waals surface area contributed by atoms with Gasteiger partial charge in [0.1, 0.15) is 11.3 Å². The van der Waals surface area contributed by atoms with Crippen LogP contribution in [0.3, 0.4) is 0 Å². The average molecular weight is 265 g/mol. The highest BCUT2D eigenvalue weighted by molar-refractivity contribution is 6.30. The van der Waals surface area contributed by atoms with Gasteiger partial charge in [-0.05, 0) is 26.0 Å². The maximum absolute atomic E-state index is 11.2. The highest BCUT2D eigenvalue weighted by Crippen LogP contribution is 2.25. The Morgan fingerprint density at radius 3 is 2.72 bits per heavy atom. The van der Waals surface area contributed by atoms with Crippen molar-refractivity contribution in [2.75, 3.05) is 0 Å². The lowest BCUT2D eigenvalue weighted by Crippen LogP contribution is -2.00. The second-order valence-electron chi connectivity index (χ2n) is 4.28. The van der Waals surface area contributed by atoms with Gasteiger partial charge in [0.2, 0.25) is 0 Å². The first-order chi connectivity index (χ1) is 8.49. The molecular formula is C13H13ClN2O2. The highest BCUT2D eigenvalue weighted by atomic mass is 35.5. The molecule has 0 spiro atoms.